The largest absolute Gasteiger partial charge is 0.493 e. The van der Waals surface area contributed by atoms with E-state index < -0.39 is 0 Å². The van der Waals surface area contributed by atoms with Crippen LogP contribution in [0.4, 0.5) is 4.39 Å². The van der Waals surface area contributed by atoms with E-state index in [0.29, 0.717) is 22.6 Å². The monoisotopic (exact) mass is 308 g/mol. The molecule has 4 nitrogen and oxygen atoms in total. The molecule has 0 saturated carbocycles. The lowest BCUT2D eigenvalue weighted by Crippen LogP contribution is -2.01. The van der Waals surface area contributed by atoms with Gasteiger partial charge in [-0.3, -0.25) is 0 Å². The van der Waals surface area contributed by atoms with E-state index in [4.69, 9.17) is 20.0 Å². The SMILES string of the molecule is COc1cccc(C=C(C#N)C#N)c1OCc1ccccc1F. The topological polar surface area (TPSA) is 66.0 Å². The van der Waals surface area contributed by atoms with Crippen LogP contribution in [0.5, 0.6) is 11.5 Å². The van der Waals surface area contributed by atoms with Gasteiger partial charge in [0, 0.05) is 11.1 Å². The van der Waals surface area contributed by atoms with E-state index in [9.17, 15) is 4.39 Å². The number of methoxy groups -OCH3 is 1. The standard InChI is InChI=1S/C18H13FN2O2/c1-22-17-8-4-6-14(9-13(10-20)11-21)18(17)23-12-15-5-2-3-7-16(15)19/h2-9H,12H2,1H3. The number of nitriles is 2. The summed E-state index contributed by atoms with van der Waals surface area (Å²) in [5.41, 5.74) is 0.849. The summed E-state index contributed by atoms with van der Waals surface area (Å²) >= 11 is 0. The number of allylic oxidation sites excluding steroid dienone is 1. The Morgan fingerprint density at radius 1 is 1.13 bits per heavy atom. The molecule has 0 N–H and O–H groups in total. The predicted octanol–water partition coefficient (Wildman–Crippen LogP) is 3.84. The fourth-order valence-electron chi connectivity index (χ4n) is 1.97. The predicted molar refractivity (Wildman–Crippen MR) is 82.9 cm³/mol. The van der Waals surface area contributed by atoms with E-state index in [1.54, 1.807) is 48.5 Å². The minimum atomic E-state index is -0.366. The highest BCUT2D eigenvalue weighted by atomic mass is 19.1. The first kappa shape index (κ1) is 16.1. The molecule has 0 amide bonds. The fourth-order valence-corrected chi connectivity index (χ4v) is 1.97. The molecule has 0 aliphatic carbocycles. The summed E-state index contributed by atoms with van der Waals surface area (Å²) in [5.74, 6) is 0.417. The first-order chi connectivity index (χ1) is 11.2. The molecule has 23 heavy (non-hydrogen) atoms. The summed E-state index contributed by atoms with van der Waals surface area (Å²) in [5, 5.41) is 17.8. The Hall–Kier alpha value is -3.31. The number of ether oxygens (including phenoxy) is 2. The molecular formula is C18H13FN2O2. The molecular weight excluding hydrogens is 295 g/mol. The molecule has 0 heterocycles. The highest BCUT2D eigenvalue weighted by molar-refractivity contribution is 5.69. The lowest BCUT2D eigenvalue weighted by molar-refractivity contribution is 0.279. The molecule has 5 heteroatoms. The van der Waals surface area contributed by atoms with E-state index >= 15 is 0 Å². The van der Waals surface area contributed by atoms with Crippen LogP contribution in [-0.2, 0) is 6.61 Å². The highest BCUT2D eigenvalue weighted by Crippen LogP contribution is 2.33. The molecule has 0 aliphatic rings. The summed E-state index contributed by atoms with van der Waals surface area (Å²) in [6.07, 6.45) is 1.40. The van der Waals surface area contributed by atoms with Crippen LogP contribution in [0.25, 0.3) is 6.08 Å². The summed E-state index contributed by atoms with van der Waals surface area (Å²) in [7, 11) is 1.48. The van der Waals surface area contributed by atoms with Gasteiger partial charge >= 0.3 is 0 Å². The van der Waals surface area contributed by atoms with Crippen LogP contribution in [0.3, 0.4) is 0 Å². The van der Waals surface area contributed by atoms with E-state index in [2.05, 4.69) is 0 Å². The molecule has 2 aromatic rings. The third kappa shape index (κ3) is 3.87. The van der Waals surface area contributed by atoms with Gasteiger partial charge in [-0.2, -0.15) is 10.5 Å². The number of rotatable bonds is 5. The second kappa shape index (κ2) is 7.63. The number of halogens is 1. The Bertz CT molecular complexity index is 801. The number of hydrogen-bond donors (Lipinski definition) is 0. The minimum absolute atomic E-state index is 0.00231. The summed E-state index contributed by atoms with van der Waals surface area (Å²) in [4.78, 5) is 0. The highest BCUT2D eigenvalue weighted by Gasteiger charge is 2.11. The first-order valence-electron chi connectivity index (χ1n) is 6.74. The van der Waals surface area contributed by atoms with Crippen LogP contribution in [-0.4, -0.2) is 7.11 Å². The molecule has 0 aromatic heterocycles. The van der Waals surface area contributed by atoms with Gasteiger partial charge < -0.3 is 9.47 Å². The van der Waals surface area contributed by atoms with Crippen molar-refractivity contribution < 1.29 is 13.9 Å². The fraction of sp³-hybridized carbons (Fsp3) is 0.111. The van der Waals surface area contributed by atoms with Crippen LogP contribution < -0.4 is 9.47 Å². The molecule has 114 valence electrons. The third-order valence-electron chi connectivity index (χ3n) is 3.10. The maximum atomic E-state index is 13.7. The average Bonchev–Trinajstić information content (AvgIpc) is 2.59. The number of benzene rings is 2. The molecule has 2 aromatic carbocycles. The van der Waals surface area contributed by atoms with E-state index in [1.165, 1.54) is 19.3 Å². The van der Waals surface area contributed by atoms with Gasteiger partial charge in [-0.1, -0.05) is 30.3 Å². The smallest absolute Gasteiger partial charge is 0.168 e. The van der Waals surface area contributed by atoms with Gasteiger partial charge in [0.15, 0.2) is 11.5 Å². The molecule has 0 radical (unpaired) electrons. The van der Waals surface area contributed by atoms with E-state index in [0.717, 1.165) is 0 Å². The molecule has 2 rings (SSSR count). The van der Waals surface area contributed by atoms with Crippen molar-refractivity contribution in [2.75, 3.05) is 7.11 Å². The Kier molecular flexibility index (Phi) is 5.33. The number of hydrogen-bond acceptors (Lipinski definition) is 4. The van der Waals surface area contributed by atoms with Crippen molar-refractivity contribution in [2.24, 2.45) is 0 Å². The maximum Gasteiger partial charge on any atom is 0.168 e. The second-order valence-corrected chi connectivity index (χ2v) is 4.54. The Morgan fingerprint density at radius 3 is 2.52 bits per heavy atom. The summed E-state index contributed by atoms with van der Waals surface area (Å²) < 4.78 is 24.6. The zero-order valence-electron chi connectivity index (χ0n) is 12.4. The van der Waals surface area contributed by atoms with Gasteiger partial charge in [0.2, 0.25) is 0 Å². The van der Waals surface area contributed by atoms with E-state index in [1.807, 2.05) is 0 Å². The molecule has 0 spiro atoms. The second-order valence-electron chi connectivity index (χ2n) is 4.54. The molecule has 0 saturated heterocycles. The molecule has 0 aliphatic heterocycles. The quantitative estimate of drug-likeness (QED) is 0.787. The average molecular weight is 308 g/mol. The van der Waals surface area contributed by atoms with Crippen LogP contribution in [0.1, 0.15) is 11.1 Å². The lowest BCUT2D eigenvalue weighted by Gasteiger charge is -2.13. The number of nitrogens with zero attached hydrogens (tertiary/aromatic N) is 2. The maximum absolute atomic E-state index is 13.7. The Labute approximate surface area is 133 Å². The van der Waals surface area contributed by atoms with Crippen LogP contribution in [0, 0.1) is 28.5 Å². The van der Waals surface area contributed by atoms with Crippen molar-refractivity contribution in [3.8, 4) is 23.6 Å². The normalized spacial score (nSPS) is 9.39. The van der Waals surface area contributed by atoms with Gasteiger partial charge in [-0.15, -0.1) is 0 Å². The van der Waals surface area contributed by atoms with Crippen molar-refractivity contribution in [2.45, 2.75) is 6.61 Å². The van der Waals surface area contributed by atoms with Gasteiger partial charge in [0.1, 0.15) is 30.1 Å². The lowest BCUT2D eigenvalue weighted by atomic mass is 10.1. The van der Waals surface area contributed by atoms with Crippen molar-refractivity contribution >= 4 is 6.08 Å². The van der Waals surface area contributed by atoms with Crippen LogP contribution in [0.15, 0.2) is 48.0 Å². The zero-order chi connectivity index (χ0) is 16.7. The van der Waals surface area contributed by atoms with Crippen molar-refractivity contribution in [3.63, 3.8) is 0 Å². The van der Waals surface area contributed by atoms with Crippen LogP contribution >= 0.6 is 0 Å². The third-order valence-corrected chi connectivity index (χ3v) is 3.10. The van der Waals surface area contributed by atoms with Crippen molar-refractivity contribution in [1.82, 2.24) is 0 Å². The first-order valence-corrected chi connectivity index (χ1v) is 6.74. The van der Waals surface area contributed by atoms with Crippen molar-refractivity contribution in [1.29, 1.82) is 10.5 Å². The zero-order valence-corrected chi connectivity index (χ0v) is 12.4. The van der Waals surface area contributed by atoms with Gasteiger partial charge in [0.25, 0.3) is 0 Å². The summed E-state index contributed by atoms with van der Waals surface area (Å²) in [6, 6.07) is 15.0. The van der Waals surface area contributed by atoms with Crippen LogP contribution in [0.2, 0.25) is 0 Å². The minimum Gasteiger partial charge on any atom is -0.493 e. The Morgan fingerprint density at radius 2 is 1.87 bits per heavy atom. The molecule has 0 fully saturated rings. The molecule has 0 atom stereocenters. The molecule has 0 unspecified atom stereocenters. The van der Waals surface area contributed by atoms with E-state index in [-0.39, 0.29) is 18.0 Å². The van der Waals surface area contributed by atoms with Gasteiger partial charge in [0.05, 0.1) is 7.11 Å². The Balaban J connectivity index is 2.37. The molecule has 0 bridgehead atoms. The van der Waals surface area contributed by atoms with Gasteiger partial charge in [-0.05, 0) is 18.2 Å². The summed E-state index contributed by atoms with van der Waals surface area (Å²) in [6.45, 7) is 0.00231. The van der Waals surface area contributed by atoms with Gasteiger partial charge in [-0.25, -0.2) is 4.39 Å². The number of para-hydroxylation sites is 1. The van der Waals surface area contributed by atoms with Crippen molar-refractivity contribution in [3.05, 3.63) is 65.0 Å².